The van der Waals surface area contributed by atoms with E-state index in [-0.39, 0.29) is 52.1 Å². The molecule has 14 heteroatoms. The molecule has 38 heavy (non-hydrogen) atoms. The highest BCUT2D eigenvalue weighted by Gasteiger charge is 2.25. The van der Waals surface area contributed by atoms with Gasteiger partial charge < -0.3 is 34.7 Å². The van der Waals surface area contributed by atoms with E-state index in [1.54, 1.807) is 0 Å². The molecule has 0 aliphatic heterocycles. The topological polar surface area (TPSA) is 132 Å². The molecule has 3 rings (SSSR count). The van der Waals surface area contributed by atoms with Crippen LogP contribution in [0.5, 0.6) is 17.2 Å². The third-order valence-electron chi connectivity index (χ3n) is 5.11. The van der Waals surface area contributed by atoms with Crippen molar-refractivity contribution < 1.29 is 51.6 Å². The molecule has 0 aliphatic rings. The summed E-state index contributed by atoms with van der Waals surface area (Å²) >= 11 is 0.746. The Morgan fingerprint density at radius 2 is 1.61 bits per heavy atom. The van der Waals surface area contributed by atoms with Crippen LogP contribution >= 0.6 is 11.3 Å². The number of benzene rings is 2. The van der Waals surface area contributed by atoms with Crippen LogP contribution in [0.1, 0.15) is 25.6 Å². The van der Waals surface area contributed by atoms with E-state index in [0.29, 0.717) is 0 Å². The summed E-state index contributed by atoms with van der Waals surface area (Å²) in [6, 6.07) is 3.21. The van der Waals surface area contributed by atoms with Gasteiger partial charge in [0.1, 0.15) is 16.2 Å². The fourth-order valence-corrected chi connectivity index (χ4v) is 4.25. The molecule has 0 bridgehead atoms. The molecule has 1 heterocycles. The first-order valence-corrected chi connectivity index (χ1v) is 11.5. The zero-order valence-electron chi connectivity index (χ0n) is 20.1. The minimum absolute atomic E-state index is 0.00288. The molecule has 202 valence electrons. The number of carbonyl (C=O) groups is 3. The Morgan fingerprint density at radius 3 is 2.24 bits per heavy atom. The van der Waals surface area contributed by atoms with E-state index in [2.05, 4.69) is 15.4 Å². The van der Waals surface area contributed by atoms with Gasteiger partial charge in [-0.05, 0) is 12.1 Å². The smallest absolute Gasteiger partial charge is 0.349 e. The lowest BCUT2D eigenvalue weighted by Gasteiger charge is -2.15. The zero-order valence-corrected chi connectivity index (χ0v) is 21.0. The van der Waals surface area contributed by atoms with Crippen LogP contribution in [0, 0.1) is 17.5 Å². The van der Waals surface area contributed by atoms with Crippen LogP contribution in [0.4, 0.5) is 29.3 Å². The van der Waals surface area contributed by atoms with Gasteiger partial charge in [-0.2, -0.15) is 0 Å². The average molecular weight is 554 g/mol. The molecule has 10 nitrogen and oxygen atoms in total. The summed E-state index contributed by atoms with van der Waals surface area (Å²) in [4.78, 5) is 35.6. The van der Waals surface area contributed by atoms with Crippen molar-refractivity contribution in [3.8, 4) is 17.2 Å². The van der Waals surface area contributed by atoms with E-state index in [1.165, 1.54) is 25.7 Å². The van der Waals surface area contributed by atoms with Crippen molar-refractivity contribution in [1.29, 1.82) is 0 Å². The molecular weight excluding hydrogens is 533 g/mol. The number of rotatable bonds is 10. The number of carbonyl (C=O) groups excluding carboxylic acids is 2. The molecule has 0 saturated carbocycles. The number of amides is 2. The standard InChI is InChI=1S/C24H21F3N2O8S/c1-34-16-5-4-12(25)20(27)11(16)6-7-37-18-8-13(26)14(9-17(18)35-2)28-24(33)29-15-10-38-21(23(32)36-3)19(15)22(30)31/h4-5,8-10H,6-7H2,1-3H3,(H,30,31)(H2,28,29,33). The van der Waals surface area contributed by atoms with Gasteiger partial charge in [0.2, 0.25) is 0 Å². The first kappa shape index (κ1) is 28.1. The van der Waals surface area contributed by atoms with Crippen molar-refractivity contribution in [3.63, 3.8) is 0 Å². The lowest BCUT2D eigenvalue weighted by molar-refractivity contribution is 0.0589. The zero-order chi connectivity index (χ0) is 28.0. The van der Waals surface area contributed by atoms with Gasteiger partial charge in [0, 0.05) is 29.5 Å². The normalized spacial score (nSPS) is 10.5. The maximum absolute atomic E-state index is 14.8. The van der Waals surface area contributed by atoms with Crippen LogP contribution in [0.15, 0.2) is 29.6 Å². The Hall–Kier alpha value is -4.46. The lowest BCUT2D eigenvalue weighted by atomic mass is 10.1. The average Bonchev–Trinajstić information content (AvgIpc) is 3.31. The van der Waals surface area contributed by atoms with Gasteiger partial charge in [0.05, 0.1) is 39.3 Å². The van der Waals surface area contributed by atoms with Crippen molar-refractivity contribution in [2.24, 2.45) is 0 Å². The quantitative estimate of drug-likeness (QED) is 0.301. The number of hydrogen-bond donors (Lipinski definition) is 3. The third kappa shape index (κ3) is 6.08. The number of ether oxygens (including phenoxy) is 4. The van der Waals surface area contributed by atoms with Crippen molar-refractivity contribution in [2.45, 2.75) is 6.42 Å². The Kier molecular flexibility index (Phi) is 9.02. The number of urea groups is 1. The first-order chi connectivity index (χ1) is 18.1. The van der Waals surface area contributed by atoms with Crippen molar-refractivity contribution in [1.82, 2.24) is 0 Å². The molecule has 0 aliphatic carbocycles. The van der Waals surface area contributed by atoms with Crippen LogP contribution in [-0.4, -0.2) is 51.0 Å². The Bertz CT molecular complexity index is 1380. The van der Waals surface area contributed by atoms with Gasteiger partial charge in [0.15, 0.2) is 29.0 Å². The predicted molar refractivity (Wildman–Crippen MR) is 130 cm³/mol. The van der Waals surface area contributed by atoms with Gasteiger partial charge in [-0.25, -0.2) is 27.6 Å². The second-order valence-corrected chi connectivity index (χ2v) is 8.23. The van der Waals surface area contributed by atoms with E-state index < -0.39 is 41.0 Å². The summed E-state index contributed by atoms with van der Waals surface area (Å²) in [5, 5.41) is 15.1. The molecular formula is C24H21F3N2O8S. The van der Waals surface area contributed by atoms with Crippen LogP contribution < -0.4 is 24.8 Å². The van der Waals surface area contributed by atoms with Gasteiger partial charge >= 0.3 is 18.0 Å². The van der Waals surface area contributed by atoms with Crippen molar-refractivity contribution >= 4 is 40.7 Å². The Balaban J connectivity index is 1.73. The number of esters is 1. The fourth-order valence-electron chi connectivity index (χ4n) is 3.35. The van der Waals surface area contributed by atoms with Crippen LogP contribution in [0.3, 0.4) is 0 Å². The minimum Gasteiger partial charge on any atom is -0.496 e. The SMILES string of the molecule is COC(=O)c1scc(NC(=O)Nc2cc(OC)c(OCCc3c(OC)ccc(F)c3F)cc2F)c1C(=O)O. The van der Waals surface area contributed by atoms with Gasteiger partial charge in [0.25, 0.3) is 0 Å². The highest BCUT2D eigenvalue weighted by Crippen LogP contribution is 2.34. The number of halogens is 3. The van der Waals surface area contributed by atoms with Crippen LogP contribution in [0.2, 0.25) is 0 Å². The molecule has 3 N–H and O–H groups in total. The molecule has 3 aromatic rings. The minimum atomic E-state index is -1.48. The second kappa shape index (κ2) is 12.2. The monoisotopic (exact) mass is 554 g/mol. The Morgan fingerprint density at radius 1 is 0.921 bits per heavy atom. The van der Waals surface area contributed by atoms with E-state index in [0.717, 1.165) is 36.6 Å². The number of anilines is 2. The van der Waals surface area contributed by atoms with Crippen LogP contribution in [0.25, 0.3) is 0 Å². The summed E-state index contributed by atoms with van der Waals surface area (Å²) in [5.41, 5.74) is -1.09. The van der Waals surface area contributed by atoms with Gasteiger partial charge in [-0.3, -0.25) is 0 Å². The molecule has 0 fully saturated rings. The van der Waals surface area contributed by atoms with E-state index in [4.69, 9.17) is 14.2 Å². The maximum atomic E-state index is 14.8. The molecule has 0 unspecified atom stereocenters. The van der Waals surface area contributed by atoms with Gasteiger partial charge in [-0.15, -0.1) is 11.3 Å². The lowest BCUT2D eigenvalue weighted by Crippen LogP contribution is -2.21. The summed E-state index contributed by atoms with van der Waals surface area (Å²) < 4.78 is 62.7. The summed E-state index contributed by atoms with van der Waals surface area (Å²) in [7, 11) is 3.64. The maximum Gasteiger partial charge on any atom is 0.349 e. The molecule has 0 saturated heterocycles. The first-order valence-electron chi connectivity index (χ1n) is 10.6. The van der Waals surface area contributed by atoms with E-state index in [1.807, 2.05) is 0 Å². The molecule has 1 aromatic heterocycles. The molecule has 0 radical (unpaired) electrons. The summed E-state index contributed by atoms with van der Waals surface area (Å²) in [6.45, 7) is -0.196. The molecule has 0 spiro atoms. The molecule has 2 aromatic carbocycles. The number of nitrogens with one attached hydrogen (secondary N) is 2. The van der Waals surface area contributed by atoms with Crippen molar-refractivity contribution in [3.05, 3.63) is 63.1 Å². The van der Waals surface area contributed by atoms with Gasteiger partial charge in [-0.1, -0.05) is 0 Å². The number of aromatic carboxylic acids is 1. The largest absolute Gasteiger partial charge is 0.496 e. The number of thiophene rings is 1. The highest BCUT2D eigenvalue weighted by molar-refractivity contribution is 7.13. The Labute approximate surface area is 217 Å². The third-order valence-corrected chi connectivity index (χ3v) is 6.07. The predicted octanol–water partition coefficient (Wildman–Crippen LogP) is 4.93. The number of carboxylic acid groups (broad SMARTS) is 1. The number of carboxylic acids is 1. The highest BCUT2D eigenvalue weighted by atomic mass is 32.1. The number of hydrogen-bond acceptors (Lipinski definition) is 8. The van der Waals surface area contributed by atoms with Crippen LogP contribution in [-0.2, 0) is 11.2 Å². The number of methoxy groups -OCH3 is 3. The van der Waals surface area contributed by atoms with E-state index >= 15 is 0 Å². The second-order valence-electron chi connectivity index (χ2n) is 7.35. The molecule has 0 atom stereocenters. The van der Waals surface area contributed by atoms with E-state index in [9.17, 15) is 32.7 Å². The fraction of sp³-hybridized carbons (Fsp3) is 0.208. The summed E-state index contributed by atoms with van der Waals surface area (Å²) in [5.74, 6) is -5.43. The molecule has 2 amide bonds. The van der Waals surface area contributed by atoms with Crippen molar-refractivity contribution in [2.75, 3.05) is 38.6 Å². The summed E-state index contributed by atoms with van der Waals surface area (Å²) in [6.07, 6.45) is -0.111.